The van der Waals surface area contributed by atoms with Gasteiger partial charge in [-0.25, -0.2) is 0 Å². The quantitative estimate of drug-likeness (QED) is 0.853. The van der Waals surface area contributed by atoms with E-state index in [4.69, 9.17) is 0 Å². The Hall–Kier alpha value is -1.16. The van der Waals surface area contributed by atoms with Crippen LogP contribution in [0.25, 0.3) is 0 Å². The third-order valence-corrected chi connectivity index (χ3v) is 3.07. The average molecular weight is 241 g/mol. The molecule has 0 bridgehead atoms. The Bertz CT molecular complexity index is 351. The largest absolute Gasteiger partial charge is 0.435 e. The van der Waals surface area contributed by atoms with Crippen LogP contribution in [0.3, 0.4) is 0 Å². The maximum absolute atomic E-state index is 12.0. The molecule has 4 heteroatoms. The van der Waals surface area contributed by atoms with Crippen LogP contribution < -0.4 is 10.1 Å². The molecule has 0 heterocycles. The van der Waals surface area contributed by atoms with Crippen molar-refractivity contribution in [2.24, 2.45) is 0 Å². The van der Waals surface area contributed by atoms with E-state index < -0.39 is 6.61 Å². The van der Waals surface area contributed by atoms with Crippen LogP contribution in [0.1, 0.15) is 31.2 Å². The number of benzene rings is 1. The monoisotopic (exact) mass is 241 g/mol. The summed E-state index contributed by atoms with van der Waals surface area (Å²) in [5.41, 5.74) is 0.982. The third kappa shape index (κ3) is 3.97. The highest BCUT2D eigenvalue weighted by Gasteiger charge is 2.13. The van der Waals surface area contributed by atoms with E-state index in [1.54, 1.807) is 18.2 Å². The van der Waals surface area contributed by atoms with Gasteiger partial charge in [0.1, 0.15) is 5.75 Å². The Morgan fingerprint density at radius 2 is 2.06 bits per heavy atom. The average Bonchev–Trinajstić information content (AvgIpc) is 2.79. The molecule has 1 N–H and O–H groups in total. The molecule has 2 nitrogen and oxygen atoms in total. The molecule has 0 saturated heterocycles. The first kappa shape index (κ1) is 12.3. The molecule has 0 amide bonds. The fourth-order valence-corrected chi connectivity index (χ4v) is 2.22. The van der Waals surface area contributed by atoms with E-state index in [1.165, 1.54) is 25.7 Å². The van der Waals surface area contributed by atoms with Crippen LogP contribution in [-0.4, -0.2) is 12.7 Å². The summed E-state index contributed by atoms with van der Waals surface area (Å²) in [7, 11) is 0. The van der Waals surface area contributed by atoms with Crippen molar-refractivity contribution < 1.29 is 13.5 Å². The molecular weight excluding hydrogens is 224 g/mol. The first-order chi connectivity index (χ1) is 8.24. The molecule has 0 radical (unpaired) electrons. The molecule has 1 fully saturated rings. The summed E-state index contributed by atoms with van der Waals surface area (Å²) in [6, 6.07) is 7.44. The standard InChI is InChI=1S/C13H17F2NO/c14-13(15)17-12-7-3-4-10(8-12)9-16-11-5-1-2-6-11/h3-4,7-8,11,13,16H,1-2,5-6,9H2. The van der Waals surface area contributed by atoms with Gasteiger partial charge in [0, 0.05) is 12.6 Å². The van der Waals surface area contributed by atoms with Gasteiger partial charge in [0.25, 0.3) is 0 Å². The molecule has 1 aliphatic rings. The van der Waals surface area contributed by atoms with Crippen LogP contribution in [0, 0.1) is 0 Å². The number of alkyl halides is 2. The van der Waals surface area contributed by atoms with Gasteiger partial charge < -0.3 is 10.1 Å². The number of nitrogens with one attached hydrogen (secondary N) is 1. The lowest BCUT2D eigenvalue weighted by atomic mass is 10.2. The molecule has 1 saturated carbocycles. The summed E-state index contributed by atoms with van der Waals surface area (Å²) in [4.78, 5) is 0. The van der Waals surface area contributed by atoms with Crippen LogP contribution in [-0.2, 0) is 6.54 Å². The summed E-state index contributed by atoms with van der Waals surface area (Å²) in [6.07, 6.45) is 5.00. The molecule has 0 atom stereocenters. The summed E-state index contributed by atoms with van der Waals surface area (Å²) in [5.74, 6) is 0.228. The Morgan fingerprint density at radius 3 is 2.76 bits per heavy atom. The topological polar surface area (TPSA) is 21.3 Å². The summed E-state index contributed by atoms with van der Waals surface area (Å²) in [5, 5.41) is 3.44. The fraction of sp³-hybridized carbons (Fsp3) is 0.538. The summed E-state index contributed by atoms with van der Waals surface area (Å²) >= 11 is 0. The van der Waals surface area contributed by atoms with E-state index in [9.17, 15) is 8.78 Å². The van der Waals surface area contributed by atoms with Crippen LogP contribution in [0.5, 0.6) is 5.75 Å². The number of rotatable bonds is 5. The van der Waals surface area contributed by atoms with Gasteiger partial charge >= 0.3 is 6.61 Å². The lowest BCUT2D eigenvalue weighted by Crippen LogP contribution is -2.25. The predicted molar refractivity (Wildman–Crippen MR) is 62.2 cm³/mol. The van der Waals surface area contributed by atoms with E-state index in [0.717, 1.165) is 5.56 Å². The molecule has 1 aromatic rings. The molecule has 17 heavy (non-hydrogen) atoms. The highest BCUT2D eigenvalue weighted by atomic mass is 19.3. The van der Waals surface area contributed by atoms with Crippen molar-refractivity contribution in [3.05, 3.63) is 29.8 Å². The molecule has 1 aliphatic carbocycles. The number of ether oxygens (including phenoxy) is 1. The predicted octanol–water partition coefficient (Wildman–Crippen LogP) is 3.32. The van der Waals surface area contributed by atoms with Gasteiger partial charge in [-0.1, -0.05) is 25.0 Å². The van der Waals surface area contributed by atoms with Crippen molar-refractivity contribution in [2.75, 3.05) is 0 Å². The second-order valence-corrected chi connectivity index (χ2v) is 4.39. The van der Waals surface area contributed by atoms with Gasteiger partial charge in [-0.2, -0.15) is 8.78 Å². The van der Waals surface area contributed by atoms with E-state index in [1.807, 2.05) is 6.07 Å². The van der Waals surface area contributed by atoms with Gasteiger partial charge in [0.15, 0.2) is 0 Å². The van der Waals surface area contributed by atoms with Gasteiger partial charge in [-0.05, 0) is 30.5 Å². The van der Waals surface area contributed by atoms with Crippen LogP contribution in [0.2, 0.25) is 0 Å². The minimum absolute atomic E-state index is 0.228. The van der Waals surface area contributed by atoms with E-state index >= 15 is 0 Å². The van der Waals surface area contributed by atoms with Crippen molar-refractivity contribution >= 4 is 0 Å². The van der Waals surface area contributed by atoms with Crippen LogP contribution >= 0.6 is 0 Å². The first-order valence-corrected chi connectivity index (χ1v) is 6.01. The van der Waals surface area contributed by atoms with Crippen molar-refractivity contribution in [2.45, 2.75) is 44.9 Å². The minimum atomic E-state index is -2.76. The van der Waals surface area contributed by atoms with Crippen LogP contribution in [0.4, 0.5) is 8.78 Å². The van der Waals surface area contributed by atoms with Gasteiger partial charge in [0.05, 0.1) is 0 Å². The summed E-state index contributed by atoms with van der Waals surface area (Å²) < 4.78 is 28.5. The normalized spacial score (nSPS) is 16.6. The van der Waals surface area contributed by atoms with Gasteiger partial charge in [-0.3, -0.25) is 0 Å². The molecule has 0 spiro atoms. The Balaban J connectivity index is 1.86. The molecular formula is C13H17F2NO. The molecule has 0 aliphatic heterocycles. The van der Waals surface area contributed by atoms with Gasteiger partial charge in [0.2, 0.25) is 0 Å². The fourth-order valence-electron chi connectivity index (χ4n) is 2.22. The second-order valence-electron chi connectivity index (χ2n) is 4.39. The first-order valence-electron chi connectivity index (χ1n) is 6.01. The minimum Gasteiger partial charge on any atom is -0.435 e. The number of halogens is 2. The number of hydrogen-bond acceptors (Lipinski definition) is 2. The molecule has 0 unspecified atom stereocenters. The Labute approximate surface area is 100.0 Å². The highest BCUT2D eigenvalue weighted by Crippen LogP contribution is 2.19. The Morgan fingerprint density at radius 1 is 1.29 bits per heavy atom. The lowest BCUT2D eigenvalue weighted by Gasteiger charge is -2.12. The zero-order valence-electron chi connectivity index (χ0n) is 9.66. The molecule has 1 aromatic carbocycles. The van der Waals surface area contributed by atoms with Crippen molar-refractivity contribution in [3.63, 3.8) is 0 Å². The molecule has 94 valence electrons. The Kier molecular flexibility index (Phi) is 4.31. The van der Waals surface area contributed by atoms with E-state index in [2.05, 4.69) is 10.1 Å². The zero-order valence-corrected chi connectivity index (χ0v) is 9.66. The zero-order chi connectivity index (χ0) is 12.1. The molecule has 0 aromatic heterocycles. The second kappa shape index (κ2) is 5.96. The number of hydrogen-bond donors (Lipinski definition) is 1. The molecule has 2 rings (SSSR count). The van der Waals surface area contributed by atoms with E-state index in [0.29, 0.717) is 12.6 Å². The van der Waals surface area contributed by atoms with Crippen molar-refractivity contribution in [3.8, 4) is 5.75 Å². The maximum Gasteiger partial charge on any atom is 0.387 e. The lowest BCUT2D eigenvalue weighted by molar-refractivity contribution is -0.0498. The smallest absolute Gasteiger partial charge is 0.387 e. The summed E-state index contributed by atoms with van der Waals surface area (Å²) in [6.45, 7) is -2.04. The van der Waals surface area contributed by atoms with Crippen LogP contribution in [0.15, 0.2) is 24.3 Å². The third-order valence-electron chi connectivity index (χ3n) is 3.07. The van der Waals surface area contributed by atoms with Gasteiger partial charge in [-0.15, -0.1) is 0 Å². The van der Waals surface area contributed by atoms with Crippen molar-refractivity contribution in [1.29, 1.82) is 0 Å². The highest BCUT2D eigenvalue weighted by molar-refractivity contribution is 5.28. The SMILES string of the molecule is FC(F)Oc1cccc(CNC2CCCC2)c1. The van der Waals surface area contributed by atoms with Crippen molar-refractivity contribution in [1.82, 2.24) is 5.32 Å². The maximum atomic E-state index is 12.0. The van der Waals surface area contributed by atoms with E-state index in [-0.39, 0.29) is 5.75 Å².